The van der Waals surface area contributed by atoms with Gasteiger partial charge in [-0.1, -0.05) is 0 Å². The molecule has 2 aromatic heterocycles. The Labute approximate surface area is 144 Å². The van der Waals surface area contributed by atoms with Crippen molar-refractivity contribution in [3.8, 4) is 0 Å². The number of aliphatic hydroxyl groups excluding tert-OH is 1. The van der Waals surface area contributed by atoms with E-state index in [-0.39, 0.29) is 11.2 Å². The summed E-state index contributed by atoms with van der Waals surface area (Å²) in [5.74, 6) is 0.626. The number of aliphatic hydroxyl groups is 2. The summed E-state index contributed by atoms with van der Waals surface area (Å²) in [5, 5.41) is 32.8. The van der Waals surface area contributed by atoms with Crippen LogP contribution in [-0.4, -0.2) is 48.9 Å². The molecule has 4 fully saturated rings. The molecule has 7 heteroatoms. The smallest absolute Gasteiger partial charge is 0.210 e. The van der Waals surface area contributed by atoms with Gasteiger partial charge in [0, 0.05) is 17.1 Å². The van der Waals surface area contributed by atoms with Gasteiger partial charge in [0.15, 0.2) is 11.3 Å². The average Bonchev–Trinajstić information content (AvgIpc) is 3.01. The third-order valence-corrected chi connectivity index (χ3v) is 6.31. The zero-order valence-electron chi connectivity index (χ0n) is 14.0. The van der Waals surface area contributed by atoms with Gasteiger partial charge in [0.25, 0.3) is 0 Å². The summed E-state index contributed by atoms with van der Waals surface area (Å²) in [5.41, 5.74) is 0.626. The summed E-state index contributed by atoms with van der Waals surface area (Å²) in [6, 6.07) is 1.87. The Hall–Kier alpha value is -1.99. The van der Waals surface area contributed by atoms with Gasteiger partial charge in [-0.15, -0.1) is 10.2 Å². The number of Topliss-reactive ketones (excluding diaryl/α,β-unsaturated/α-hetero) is 1. The Morgan fingerprint density at radius 2 is 2.04 bits per heavy atom. The summed E-state index contributed by atoms with van der Waals surface area (Å²) in [6.45, 7) is -0.596. The number of carbonyl (C=O) groups is 1. The molecule has 4 aliphatic carbocycles. The minimum atomic E-state index is -0.596. The van der Waals surface area contributed by atoms with Crippen LogP contribution in [0.5, 0.6) is 0 Å². The number of hydrogen-bond acceptors (Lipinski definition) is 6. The Morgan fingerprint density at radius 1 is 1.28 bits per heavy atom. The highest BCUT2D eigenvalue weighted by Gasteiger charge is 2.57. The Bertz CT molecular complexity index is 847. The van der Waals surface area contributed by atoms with E-state index in [4.69, 9.17) is 0 Å². The van der Waals surface area contributed by atoms with Crippen LogP contribution in [0.15, 0.2) is 12.3 Å². The van der Waals surface area contributed by atoms with Gasteiger partial charge >= 0.3 is 0 Å². The zero-order valence-corrected chi connectivity index (χ0v) is 14.0. The Balaban J connectivity index is 1.60. The van der Waals surface area contributed by atoms with E-state index in [2.05, 4.69) is 20.5 Å². The summed E-state index contributed by atoms with van der Waals surface area (Å²) >= 11 is 0. The highest BCUT2D eigenvalue weighted by molar-refractivity contribution is 6.06. The van der Waals surface area contributed by atoms with Gasteiger partial charge in [-0.05, 0) is 56.4 Å². The van der Waals surface area contributed by atoms with E-state index >= 15 is 0 Å². The topological polar surface area (TPSA) is 111 Å². The van der Waals surface area contributed by atoms with Crippen LogP contribution in [0.3, 0.4) is 0 Å². The van der Waals surface area contributed by atoms with Crippen molar-refractivity contribution in [2.75, 3.05) is 11.9 Å². The number of rotatable bonds is 4. The molecule has 6 rings (SSSR count). The molecule has 0 saturated heterocycles. The van der Waals surface area contributed by atoms with E-state index in [1.165, 1.54) is 6.42 Å². The van der Waals surface area contributed by atoms with Crippen molar-refractivity contribution < 1.29 is 15.0 Å². The molecule has 2 heterocycles. The molecule has 25 heavy (non-hydrogen) atoms. The molecule has 0 radical (unpaired) electrons. The van der Waals surface area contributed by atoms with Crippen molar-refractivity contribution in [2.24, 2.45) is 11.8 Å². The standard InChI is InChI=1S/C18H22N4O3/c23-8-13(24)15-14(12-1-2-19-16(12)22-21-15)20-17-4-10-3-11(5-17)7-18(25,6-10)9-17/h1-2,10-11,23,25H,3-9H2,(H2,19,20,22)/t10-,11+,17?,18?. The van der Waals surface area contributed by atoms with Crippen LogP contribution in [0.2, 0.25) is 0 Å². The first-order valence-corrected chi connectivity index (χ1v) is 8.98. The number of carbonyl (C=O) groups excluding carboxylic acids is 1. The molecule has 4 N–H and O–H groups in total. The van der Waals surface area contributed by atoms with Crippen molar-refractivity contribution >= 4 is 22.5 Å². The van der Waals surface area contributed by atoms with Gasteiger partial charge in [0.2, 0.25) is 5.78 Å². The van der Waals surface area contributed by atoms with E-state index in [0.717, 1.165) is 31.1 Å². The van der Waals surface area contributed by atoms with E-state index in [0.29, 0.717) is 29.6 Å². The zero-order chi connectivity index (χ0) is 17.2. The van der Waals surface area contributed by atoms with Crippen LogP contribution < -0.4 is 5.32 Å². The number of aromatic amines is 1. The normalized spacial score (nSPS) is 36.1. The number of nitrogens with one attached hydrogen (secondary N) is 2. The Kier molecular flexibility index (Phi) is 3.07. The predicted octanol–water partition coefficient (Wildman–Crippen LogP) is 1.63. The van der Waals surface area contributed by atoms with E-state index < -0.39 is 18.0 Å². The maximum Gasteiger partial charge on any atom is 0.210 e. The quantitative estimate of drug-likeness (QED) is 0.629. The lowest BCUT2D eigenvalue weighted by molar-refractivity contribution is -0.127. The molecule has 4 saturated carbocycles. The molecule has 4 bridgehead atoms. The highest BCUT2D eigenvalue weighted by Crippen LogP contribution is 2.58. The average molecular weight is 342 g/mol. The molecule has 0 aliphatic heterocycles. The van der Waals surface area contributed by atoms with Gasteiger partial charge in [-0.3, -0.25) is 4.79 Å². The molecule has 4 aliphatic rings. The number of aromatic nitrogens is 3. The fourth-order valence-corrected chi connectivity index (χ4v) is 5.94. The van der Waals surface area contributed by atoms with E-state index in [1.807, 2.05) is 6.07 Å². The second-order valence-electron chi connectivity index (χ2n) is 8.34. The maximum absolute atomic E-state index is 12.2. The molecule has 7 nitrogen and oxygen atoms in total. The van der Waals surface area contributed by atoms with Gasteiger partial charge in [-0.25, -0.2) is 0 Å². The fourth-order valence-electron chi connectivity index (χ4n) is 5.94. The molecule has 2 aromatic rings. The number of ketones is 1. The predicted molar refractivity (Wildman–Crippen MR) is 91.3 cm³/mol. The summed E-state index contributed by atoms with van der Waals surface area (Å²) in [4.78, 5) is 15.2. The van der Waals surface area contributed by atoms with Crippen molar-refractivity contribution in [3.63, 3.8) is 0 Å². The number of nitrogens with zero attached hydrogens (tertiary/aromatic N) is 2. The molecular formula is C18H22N4O3. The molecule has 0 spiro atoms. The lowest BCUT2D eigenvalue weighted by atomic mass is 9.51. The first-order chi connectivity index (χ1) is 12.0. The number of H-pyrrole nitrogens is 1. The second-order valence-corrected chi connectivity index (χ2v) is 8.34. The van der Waals surface area contributed by atoms with Crippen LogP contribution in [0.25, 0.3) is 11.0 Å². The van der Waals surface area contributed by atoms with E-state index in [1.54, 1.807) is 6.20 Å². The first-order valence-electron chi connectivity index (χ1n) is 8.98. The fraction of sp³-hybridized carbons (Fsp3) is 0.611. The van der Waals surface area contributed by atoms with Crippen molar-refractivity contribution in [3.05, 3.63) is 18.0 Å². The minimum absolute atomic E-state index is 0.178. The first kappa shape index (κ1) is 15.3. The van der Waals surface area contributed by atoms with Crippen molar-refractivity contribution in [1.82, 2.24) is 15.2 Å². The van der Waals surface area contributed by atoms with Crippen LogP contribution in [0.4, 0.5) is 5.69 Å². The van der Waals surface area contributed by atoms with Gasteiger partial charge in [-0.2, -0.15) is 0 Å². The van der Waals surface area contributed by atoms with Crippen molar-refractivity contribution in [1.29, 1.82) is 0 Å². The molecule has 132 valence electrons. The lowest BCUT2D eigenvalue weighted by Gasteiger charge is -2.60. The van der Waals surface area contributed by atoms with Crippen LogP contribution in [0, 0.1) is 11.8 Å². The largest absolute Gasteiger partial charge is 0.390 e. The summed E-state index contributed by atoms with van der Waals surface area (Å²) < 4.78 is 0. The Morgan fingerprint density at radius 3 is 2.72 bits per heavy atom. The van der Waals surface area contributed by atoms with Crippen LogP contribution in [-0.2, 0) is 0 Å². The van der Waals surface area contributed by atoms with E-state index in [9.17, 15) is 15.0 Å². The highest BCUT2D eigenvalue weighted by atomic mass is 16.3. The molecular weight excluding hydrogens is 320 g/mol. The summed E-state index contributed by atoms with van der Waals surface area (Å²) in [7, 11) is 0. The maximum atomic E-state index is 12.2. The van der Waals surface area contributed by atoms with Gasteiger partial charge in [0.1, 0.15) is 6.61 Å². The second kappa shape index (κ2) is 5.02. The number of hydrogen-bond donors (Lipinski definition) is 4. The monoisotopic (exact) mass is 342 g/mol. The lowest BCUT2D eigenvalue weighted by Crippen LogP contribution is -2.62. The van der Waals surface area contributed by atoms with Crippen LogP contribution in [0.1, 0.15) is 49.0 Å². The number of fused-ring (bicyclic) bond motifs is 1. The SMILES string of the molecule is O=C(CO)c1nnc2[nH]ccc2c1NC12C[C@@H]3C[C@@H](CC(O)(C3)C1)C2. The third-order valence-electron chi connectivity index (χ3n) is 6.31. The summed E-state index contributed by atoms with van der Waals surface area (Å²) in [6.07, 6.45) is 7.47. The number of anilines is 1. The minimum Gasteiger partial charge on any atom is -0.390 e. The third kappa shape index (κ3) is 2.29. The molecule has 4 atom stereocenters. The van der Waals surface area contributed by atoms with Crippen molar-refractivity contribution in [2.45, 2.75) is 49.7 Å². The van der Waals surface area contributed by atoms with Gasteiger partial charge in [0.05, 0.1) is 11.3 Å². The molecule has 0 aromatic carbocycles. The van der Waals surface area contributed by atoms with Gasteiger partial charge < -0.3 is 20.5 Å². The molecule has 2 unspecified atom stereocenters. The van der Waals surface area contributed by atoms with Crippen LogP contribution >= 0.6 is 0 Å². The molecule has 0 amide bonds.